The number of morpholine rings is 1. The topological polar surface area (TPSA) is 64.8 Å². The lowest BCUT2D eigenvalue weighted by Crippen LogP contribution is -2.37. The van der Waals surface area contributed by atoms with Gasteiger partial charge in [-0.2, -0.15) is 9.61 Å². The van der Waals surface area contributed by atoms with Crippen LogP contribution in [0.2, 0.25) is 0 Å². The van der Waals surface area contributed by atoms with Crippen molar-refractivity contribution in [1.29, 1.82) is 0 Å². The Morgan fingerprint density at radius 1 is 1.25 bits per heavy atom. The van der Waals surface area contributed by atoms with Crippen molar-refractivity contribution >= 4 is 11.3 Å². The molecule has 5 rings (SSSR count). The third kappa shape index (κ3) is 2.05. The molecule has 2 aliphatic heterocycles. The molecule has 2 saturated heterocycles. The Morgan fingerprint density at radius 2 is 2.12 bits per heavy atom. The lowest BCUT2D eigenvalue weighted by Gasteiger charge is -2.29. The molecule has 2 atom stereocenters. The molecule has 122 valence electrons. The van der Waals surface area contributed by atoms with E-state index in [4.69, 9.17) is 9.47 Å². The molecule has 0 N–H and O–H groups in total. The van der Waals surface area contributed by atoms with Crippen molar-refractivity contribution in [2.75, 3.05) is 25.2 Å². The Balaban J connectivity index is 1.62. The average Bonchev–Trinajstić information content (AvgIpc) is 3.37. The van der Waals surface area contributed by atoms with Gasteiger partial charge in [0.1, 0.15) is 12.1 Å². The first-order valence-electron chi connectivity index (χ1n) is 8.05. The number of fused-ring (bicyclic) bond motifs is 3. The lowest BCUT2D eigenvalue weighted by molar-refractivity contribution is 0.0992. The maximum Gasteiger partial charge on any atom is 0.200 e. The van der Waals surface area contributed by atoms with Gasteiger partial charge in [-0.05, 0) is 36.8 Å². The fraction of sp³-hybridized carbons (Fsp3) is 0.353. The summed E-state index contributed by atoms with van der Waals surface area (Å²) in [5, 5.41) is 12.9. The highest BCUT2D eigenvalue weighted by Gasteiger charge is 2.40. The van der Waals surface area contributed by atoms with E-state index < -0.39 is 0 Å². The Bertz CT molecular complexity index is 892. The van der Waals surface area contributed by atoms with E-state index in [0.29, 0.717) is 12.1 Å². The zero-order valence-electron chi connectivity index (χ0n) is 13.3. The zero-order chi connectivity index (χ0) is 16.1. The number of hydrogen-bond acceptors (Lipinski definition) is 6. The summed E-state index contributed by atoms with van der Waals surface area (Å²) in [6, 6.07) is 10.4. The van der Waals surface area contributed by atoms with E-state index in [1.54, 1.807) is 18.0 Å². The average molecular weight is 323 g/mol. The van der Waals surface area contributed by atoms with Crippen LogP contribution in [0.3, 0.4) is 0 Å². The van der Waals surface area contributed by atoms with Gasteiger partial charge in [0.25, 0.3) is 0 Å². The number of methoxy groups -OCH3 is 1. The van der Waals surface area contributed by atoms with Gasteiger partial charge in [0, 0.05) is 12.1 Å². The van der Waals surface area contributed by atoms with Crippen LogP contribution in [0.5, 0.6) is 5.75 Å². The Hall–Kier alpha value is -2.67. The van der Waals surface area contributed by atoms with Crippen LogP contribution in [0.15, 0.2) is 36.7 Å². The summed E-state index contributed by atoms with van der Waals surface area (Å²) in [4.78, 5) is 2.38. The molecule has 0 unspecified atom stereocenters. The molecule has 0 amide bonds. The molecule has 0 radical (unpaired) electrons. The molecule has 2 aromatic heterocycles. The maximum absolute atomic E-state index is 5.72. The molecule has 0 spiro atoms. The van der Waals surface area contributed by atoms with E-state index in [2.05, 4.69) is 26.3 Å². The first kappa shape index (κ1) is 13.7. The smallest absolute Gasteiger partial charge is 0.200 e. The molecule has 24 heavy (non-hydrogen) atoms. The summed E-state index contributed by atoms with van der Waals surface area (Å²) in [7, 11) is 1.67. The lowest BCUT2D eigenvalue weighted by atomic mass is 10.1. The van der Waals surface area contributed by atoms with E-state index in [0.717, 1.165) is 47.9 Å². The van der Waals surface area contributed by atoms with Crippen LogP contribution < -0.4 is 9.64 Å². The highest BCUT2D eigenvalue weighted by Crippen LogP contribution is 2.35. The minimum absolute atomic E-state index is 0.329. The van der Waals surface area contributed by atoms with Gasteiger partial charge >= 0.3 is 0 Å². The molecule has 1 aromatic carbocycles. The van der Waals surface area contributed by atoms with E-state index in [-0.39, 0.29) is 0 Å². The van der Waals surface area contributed by atoms with E-state index >= 15 is 0 Å². The molecule has 2 bridgehead atoms. The molecule has 3 aromatic rings. The van der Waals surface area contributed by atoms with Gasteiger partial charge in [-0.1, -0.05) is 0 Å². The number of ether oxygens (including phenoxy) is 2. The van der Waals surface area contributed by atoms with Crippen molar-refractivity contribution in [2.24, 2.45) is 0 Å². The highest BCUT2D eigenvalue weighted by atomic mass is 16.5. The summed E-state index contributed by atoms with van der Waals surface area (Å²) in [6.07, 6.45) is 3.06. The van der Waals surface area contributed by atoms with Crippen LogP contribution in [0, 0.1) is 0 Å². The second-order valence-electron chi connectivity index (χ2n) is 6.24. The predicted octanol–water partition coefficient (Wildman–Crippen LogP) is 1.78. The first-order chi connectivity index (χ1) is 11.8. The second kappa shape index (κ2) is 5.17. The van der Waals surface area contributed by atoms with Crippen LogP contribution in [0.25, 0.3) is 16.9 Å². The van der Waals surface area contributed by atoms with Gasteiger partial charge in [0.05, 0.1) is 37.2 Å². The van der Waals surface area contributed by atoms with Crippen LogP contribution >= 0.6 is 0 Å². The van der Waals surface area contributed by atoms with Gasteiger partial charge in [0.2, 0.25) is 5.65 Å². The number of hydrogen-bond donors (Lipinski definition) is 0. The van der Waals surface area contributed by atoms with Gasteiger partial charge in [-0.15, -0.1) is 10.2 Å². The molecule has 2 aliphatic rings. The van der Waals surface area contributed by atoms with Crippen molar-refractivity contribution in [3.05, 3.63) is 36.7 Å². The molecule has 0 saturated carbocycles. The number of nitrogens with zero attached hydrogens (tertiary/aromatic N) is 5. The maximum atomic E-state index is 5.72. The third-order valence-electron chi connectivity index (χ3n) is 4.84. The molecule has 2 fully saturated rings. The summed E-state index contributed by atoms with van der Waals surface area (Å²) < 4.78 is 12.7. The summed E-state index contributed by atoms with van der Waals surface area (Å²) in [6.45, 7) is 1.68. The Kier molecular flexibility index (Phi) is 2.96. The van der Waals surface area contributed by atoms with Crippen LogP contribution in [0.1, 0.15) is 6.42 Å². The summed E-state index contributed by atoms with van der Waals surface area (Å²) in [5.74, 6) is 0.832. The van der Waals surface area contributed by atoms with E-state index in [9.17, 15) is 0 Å². The van der Waals surface area contributed by atoms with Crippen molar-refractivity contribution in [2.45, 2.75) is 18.6 Å². The zero-order valence-corrected chi connectivity index (χ0v) is 13.3. The number of aromatic nitrogens is 4. The molecule has 4 heterocycles. The number of benzene rings is 1. The molecule has 7 heteroatoms. The second-order valence-corrected chi connectivity index (χ2v) is 6.24. The van der Waals surface area contributed by atoms with Crippen molar-refractivity contribution in [1.82, 2.24) is 19.8 Å². The molecular weight excluding hydrogens is 306 g/mol. The highest BCUT2D eigenvalue weighted by molar-refractivity contribution is 5.75. The van der Waals surface area contributed by atoms with Gasteiger partial charge in [-0.3, -0.25) is 0 Å². The van der Waals surface area contributed by atoms with E-state index in [1.165, 1.54) is 0 Å². The summed E-state index contributed by atoms with van der Waals surface area (Å²) in [5.41, 5.74) is 3.79. The summed E-state index contributed by atoms with van der Waals surface area (Å²) >= 11 is 0. The molecule has 7 nitrogen and oxygen atoms in total. The van der Waals surface area contributed by atoms with E-state index in [1.807, 2.05) is 24.3 Å². The largest absolute Gasteiger partial charge is 0.497 e. The minimum atomic E-state index is 0.329. The van der Waals surface area contributed by atoms with Gasteiger partial charge < -0.3 is 14.4 Å². The van der Waals surface area contributed by atoms with Crippen molar-refractivity contribution in [3.8, 4) is 17.0 Å². The van der Waals surface area contributed by atoms with Crippen LogP contribution in [0.4, 0.5) is 5.69 Å². The minimum Gasteiger partial charge on any atom is -0.497 e. The Morgan fingerprint density at radius 3 is 2.83 bits per heavy atom. The predicted molar refractivity (Wildman–Crippen MR) is 88.3 cm³/mol. The van der Waals surface area contributed by atoms with Crippen LogP contribution in [-0.2, 0) is 4.74 Å². The molecule has 0 aliphatic carbocycles. The fourth-order valence-electron chi connectivity index (χ4n) is 3.62. The SMILES string of the molecule is COc1ccc(-c2cc(N3C[C@H]4C[C@@H]3CO4)c3nncn3n2)cc1. The standard InChI is InChI=1S/C17H17N5O2/c1-23-13-4-2-11(3-5-13)15-7-16(17-19-18-10-22(17)20-15)21-8-14-6-12(21)9-24-14/h2-5,7,10,12,14H,6,8-9H2,1H3/t12-,14-/m1/s1. The number of anilines is 1. The fourth-order valence-corrected chi connectivity index (χ4v) is 3.62. The molecular formula is C17H17N5O2. The quantitative estimate of drug-likeness (QED) is 0.732. The van der Waals surface area contributed by atoms with Crippen molar-refractivity contribution in [3.63, 3.8) is 0 Å². The van der Waals surface area contributed by atoms with Gasteiger partial charge in [0.15, 0.2) is 0 Å². The normalized spacial score (nSPS) is 22.5. The monoisotopic (exact) mass is 323 g/mol. The van der Waals surface area contributed by atoms with Gasteiger partial charge in [-0.25, -0.2) is 0 Å². The van der Waals surface area contributed by atoms with Crippen molar-refractivity contribution < 1.29 is 9.47 Å². The third-order valence-corrected chi connectivity index (χ3v) is 4.84. The van der Waals surface area contributed by atoms with Crippen LogP contribution in [-0.4, -0.2) is 52.2 Å². The number of rotatable bonds is 3. The Labute approximate surface area is 138 Å². The first-order valence-corrected chi connectivity index (χ1v) is 8.05.